The summed E-state index contributed by atoms with van der Waals surface area (Å²) >= 11 is 0. The summed E-state index contributed by atoms with van der Waals surface area (Å²) in [5.41, 5.74) is 1.16. The van der Waals surface area contributed by atoms with Crippen LogP contribution in [0.2, 0.25) is 0 Å². The topological polar surface area (TPSA) is 106 Å². The van der Waals surface area contributed by atoms with Gasteiger partial charge in [0.1, 0.15) is 6.26 Å². The van der Waals surface area contributed by atoms with Gasteiger partial charge in [-0.05, 0) is 37.8 Å². The molecule has 1 aliphatic rings. The van der Waals surface area contributed by atoms with Crippen LogP contribution in [0.4, 0.5) is 5.69 Å². The van der Waals surface area contributed by atoms with E-state index in [9.17, 15) is 19.7 Å². The molecule has 3 rings (SSSR count). The molecule has 1 fully saturated rings. The van der Waals surface area contributed by atoms with E-state index < -0.39 is 4.92 Å². The molecule has 1 N–H and O–H groups in total. The zero-order valence-electron chi connectivity index (χ0n) is 15.0. The summed E-state index contributed by atoms with van der Waals surface area (Å²) in [6, 6.07) is 6.14. The summed E-state index contributed by atoms with van der Waals surface area (Å²) in [4.78, 5) is 37.0. The van der Waals surface area contributed by atoms with Crippen molar-refractivity contribution in [1.82, 2.24) is 10.2 Å². The van der Waals surface area contributed by atoms with Crippen molar-refractivity contribution in [3.8, 4) is 0 Å². The number of nitro benzene ring substituents is 1. The van der Waals surface area contributed by atoms with Crippen molar-refractivity contribution in [2.24, 2.45) is 5.92 Å². The van der Waals surface area contributed by atoms with Crippen LogP contribution in [0.5, 0.6) is 0 Å². The molecule has 2 aromatic rings. The number of nitrogens with zero attached hydrogens (tertiary/aromatic N) is 2. The van der Waals surface area contributed by atoms with Gasteiger partial charge in [0, 0.05) is 36.8 Å². The summed E-state index contributed by atoms with van der Waals surface area (Å²) in [5.74, 6) is -0.0899. The Kier molecular flexibility index (Phi) is 5.54. The van der Waals surface area contributed by atoms with E-state index in [-0.39, 0.29) is 23.4 Å². The first-order valence-corrected chi connectivity index (χ1v) is 8.81. The number of likely N-dealkylation sites (tertiary alicyclic amines) is 1. The van der Waals surface area contributed by atoms with Crippen LogP contribution in [0.3, 0.4) is 0 Å². The number of carbonyl (C=O) groups is 2. The number of piperidine rings is 1. The molecule has 1 aliphatic heterocycles. The average molecular weight is 371 g/mol. The molecular weight excluding hydrogens is 350 g/mol. The smallest absolute Gasteiger partial charge is 0.273 e. The zero-order chi connectivity index (χ0) is 19.4. The molecule has 27 heavy (non-hydrogen) atoms. The first-order valence-electron chi connectivity index (χ1n) is 8.81. The van der Waals surface area contributed by atoms with Crippen LogP contribution < -0.4 is 5.32 Å². The van der Waals surface area contributed by atoms with Crippen LogP contribution >= 0.6 is 0 Å². The van der Waals surface area contributed by atoms with Gasteiger partial charge in [-0.25, -0.2) is 0 Å². The summed E-state index contributed by atoms with van der Waals surface area (Å²) in [5, 5.41) is 13.9. The number of furan rings is 1. The van der Waals surface area contributed by atoms with Gasteiger partial charge in [0.25, 0.3) is 17.5 Å². The van der Waals surface area contributed by atoms with E-state index in [4.69, 9.17) is 4.42 Å². The lowest BCUT2D eigenvalue weighted by molar-refractivity contribution is -0.385. The fraction of sp³-hybridized carbons (Fsp3) is 0.368. The Morgan fingerprint density at radius 1 is 1.30 bits per heavy atom. The molecule has 0 spiro atoms. The van der Waals surface area contributed by atoms with Crippen molar-refractivity contribution < 1.29 is 18.9 Å². The van der Waals surface area contributed by atoms with E-state index in [2.05, 4.69) is 5.32 Å². The maximum atomic E-state index is 12.4. The molecular formula is C19H21N3O5. The highest BCUT2D eigenvalue weighted by molar-refractivity contribution is 5.96. The molecule has 8 heteroatoms. The van der Waals surface area contributed by atoms with E-state index in [0.29, 0.717) is 36.3 Å². The van der Waals surface area contributed by atoms with Crippen LogP contribution in [0, 0.1) is 23.0 Å². The highest BCUT2D eigenvalue weighted by Crippen LogP contribution is 2.22. The first kappa shape index (κ1) is 18.6. The van der Waals surface area contributed by atoms with Gasteiger partial charge in [-0.1, -0.05) is 6.07 Å². The highest BCUT2D eigenvalue weighted by atomic mass is 16.6. The third-order valence-corrected chi connectivity index (χ3v) is 4.97. The molecule has 0 saturated carbocycles. The van der Waals surface area contributed by atoms with E-state index in [1.54, 1.807) is 24.0 Å². The Morgan fingerprint density at radius 2 is 2.04 bits per heavy atom. The second-order valence-electron chi connectivity index (χ2n) is 6.66. The highest BCUT2D eigenvalue weighted by Gasteiger charge is 2.25. The number of nitro groups is 1. The molecule has 8 nitrogen and oxygen atoms in total. The molecule has 0 unspecified atom stereocenters. The third kappa shape index (κ3) is 4.16. The normalized spacial score (nSPS) is 14.8. The van der Waals surface area contributed by atoms with Gasteiger partial charge in [-0.15, -0.1) is 0 Å². The van der Waals surface area contributed by atoms with Gasteiger partial charge in [-0.2, -0.15) is 0 Å². The second kappa shape index (κ2) is 8.03. The largest absolute Gasteiger partial charge is 0.472 e. The molecule has 0 bridgehead atoms. The van der Waals surface area contributed by atoms with Crippen molar-refractivity contribution in [3.63, 3.8) is 0 Å². The molecule has 0 aliphatic carbocycles. The number of hydrogen-bond donors (Lipinski definition) is 1. The van der Waals surface area contributed by atoms with Crippen LogP contribution in [-0.4, -0.2) is 41.3 Å². The monoisotopic (exact) mass is 371 g/mol. The van der Waals surface area contributed by atoms with E-state index in [1.165, 1.54) is 24.7 Å². The van der Waals surface area contributed by atoms with Gasteiger partial charge in [-0.3, -0.25) is 19.7 Å². The first-order chi connectivity index (χ1) is 13.0. The number of hydrogen-bond acceptors (Lipinski definition) is 5. The minimum absolute atomic E-state index is 0.0431. The number of amides is 2. The maximum absolute atomic E-state index is 12.4. The van der Waals surface area contributed by atoms with Gasteiger partial charge in [0.15, 0.2) is 0 Å². The molecule has 142 valence electrons. The SMILES string of the molecule is Cc1c(C(=O)NCC2CCN(C(=O)c3ccoc3)CC2)cccc1[N+](=O)[O-]. The lowest BCUT2D eigenvalue weighted by Gasteiger charge is -2.31. The van der Waals surface area contributed by atoms with Crippen LogP contribution in [0.15, 0.2) is 41.2 Å². The average Bonchev–Trinajstić information content (AvgIpc) is 3.20. The number of benzene rings is 1. The van der Waals surface area contributed by atoms with Crippen LogP contribution in [0.25, 0.3) is 0 Å². The van der Waals surface area contributed by atoms with Gasteiger partial charge in [0.2, 0.25) is 0 Å². The molecule has 0 radical (unpaired) electrons. The summed E-state index contributed by atoms with van der Waals surface area (Å²) in [6.45, 7) is 3.31. The van der Waals surface area contributed by atoms with Crippen LogP contribution in [-0.2, 0) is 0 Å². The minimum Gasteiger partial charge on any atom is -0.472 e. The Labute approximate surface area is 156 Å². The lowest BCUT2D eigenvalue weighted by Crippen LogP contribution is -2.41. The quantitative estimate of drug-likeness (QED) is 0.643. The zero-order valence-corrected chi connectivity index (χ0v) is 15.0. The van der Waals surface area contributed by atoms with Gasteiger partial charge < -0.3 is 14.6 Å². The number of carbonyl (C=O) groups excluding carboxylic acids is 2. The Morgan fingerprint density at radius 3 is 2.67 bits per heavy atom. The summed E-state index contributed by atoms with van der Waals surface area (Å²) in [6.07, 6.45) is 4.50. The van der Waals surface area contributed by atoms with E-state index >= 15 is 0 Å². The Hall–Kier alpha value is -3.16. The van der Waals surface area contributed by atoms with E-state index in [1.807, 2.05) is 0 Å². The molecule has 0 atom stereocenters. The number of nitrogens with one attached hydrogen (secondary N) is 1. The van der Waals surface area contributed by atoms with Crippen LogP contribution in [0.1, 0.15) is 39.1 Å². The fourth-order valence-electron chi connectivity index (χ4n) is 3.31. The lowest BCUT2D eigenvalue weighted by atomic mass is 9.96. The number of rotatable bonds is 5. The molecule has 1 aromatic heterocycles. The molecule has 1 aromatic carbocycles. The maximum Gasteiger partial charge on any atom is 0.273 e. The van der Waals surface area contributed by atoms with E-state index in [0.717, 1.165) is 12.8 Å². The molecule has 2 amide bonds. The second-order valence-corrected chi connectivity index (χ2v) is 6.66. The van der Waals surface area contributed by atoms with Crippen molar-refractivity contribution in [2.45, 2.75) is 19.8 Å². The minimum atomic E-state index is -0.487. The van der Waals surface area contributed by atoms with Gasteiger partial charge in [0.05, 0.1) is 16.7 Å². The van der Waals surface area contributed by atoms with Crippen molar-refractivity contribution in [2.75, 3.05) is 19.6 Å². The van der Waals surface area contributed by atoms with Crippen molar-refractivity contribution in [1.29, 1.82) is 0 Å². The van der Waals surface area contributed by atoms with Crippen molar-refractivity contribution >= 4 is 17.5 Å². The van der Waals surface area contributed by atoms with Gasteiger partial charge >= 0.3 is 0 Å². The Balaban J connectivity index is 1.52. The standard InChI is InChI=1S/C19H21N3O5/c1-13-16(3-2-4-17(13)22(25)26)18(23)20-11-14-5-8-21(9-6-14)19(24)15-7-10-27-12-15/h2-4,7,10,12,14H,5-6,8-9,11H2,1H3,(H,20,23). The fourth-order valence-corrected chi connectivity index (χ4v) is 3.31. The summed E-state index contributed by atoms with van der Waals surface area (Å²) in [7, 11) is 0. The third-order valence-electron chi connectivity index (χ3n) is 4.97. The Bertz CT molecular complexity index is 839. The predicted octanol–water partition coefficient (Wildman–Crippen LogP) is 2.78. The summed E-state index contributed by atoms with van der Waals surface area (Å²) < 4.78 is 4.95. The molecule has 1 saturated heterocycles. The van der Waals surface area contributed by atoms with Crippen molar-refractivity contribution in [3.05, 3.63) is 63.6 Å². The molecule has 2 heterocycles. The predicted molar refractivity (Wildman–Crippen MR) is 97.5 cm³/mol.